The molecule has 0 saturated carbocycles. The Morgan fingerprint density at radius 3 is 2.62 bits per heavy atom. The molecule has 0 spiro atoms. The van der Waals surface area contributed by atoms with Gasteiger partial charge in [-0.1, -0.05) is 0 Å². The lowest BCUT2D eigenvalue weighted by Gasteiger charge is -2.08. The fraction of sp³-hybridized carbons (Fsp3) is 0.333. The Hall–Kier alpha value is -1.19. The second-order valence-electron chi connectivity index (χ2n) is 2.42. The molecule has 0 heterocycles. The van der Waals surface area contributed by atoms with Crippen molar-refractivity contribution in [2.75, 3.05) is 6.61 Å². The topological polar surface area (TPSA) is 9.23 Å². The summed E-state index contributed by atoms with van der Waals surface area (Å²) in [6, 6.07) is 2.99. The van der Waals surface area contributed by atoms with E-state index >= 15 is 0 Å². The van der Waals surface area contributed by atoms with Crippen molar-refractivity contribution >= 4 is 0 Å². The van der Waals surface area contributed by atoms with Gasteiger partial charge in [0.25, 0.3) is 6.43 Å². The SMILES string of the molecule is CCOc1cc(F)ccc1C(F)F. The van der Waals surface area contributed by atoms with Gasteiger partial charge in [-0.3, -0.25) is 0 Å². The van der Waals surface area contributed by atoms with Crippen molar-refractivity contribution in [3.8, 4) is 5.75 Å². The summed E-state index contributed by atoms with van der Waals surface area (Å²) in [6.07, 6.45) is -2.64. The van der Waals surface area contributed by atoms with Gasteiger partial charge in [-0.15, -0.1) is 0 Å². The normalized spacial score (nSPS) is 10.5. The van der Waals surface area contributed by atoms with E-state index in [1.54, 1.807) is 6.92 Å². The minimum absolute atomic E-state index is 0.0856. The minimum Gasteiger partial charge on any atom is -0.493 e. The summed E-state index contributed by atoms with van der Waals surface area (Å²) >= 11 is 0. The molecule has 0 radical (unpaired) electrons. The number of rotatable bonds is 3. The van der Waals surface area contributed by atoms with Crippen molar-refractivity contribution in [1.29, 1.82) is 0 Å². The summed E-state index contributed by atoms with van der Waals surface area (Å²) in [5.41, 5.74) is -0.275. The summed E-state index contributed by atoms with van der Waals surface area (Å²) in [5.74, 6) is -0.662. The molecule has 0 atom stereocenters. The molecule has 0 aliphatic heterocycles. The summed E-state index contributed by atoms with van der Waals surface area (Å²) in [5, 5.41) is 0. The van der Waals surface area contributed by atoms with Crippen LogP contribution in [-0.4, -0.2) is 6.61 Å². The van der Waals surface area contributed by atoms with E-state index < -0.39 is 12.2 Å². The summed E-state index contributed by atoms with van der Waals surface area (Å²) in [6.45, 7) is 1.89. The molecular formula is C9H9F3O. The Labute approximate surface area is 74.1 Å². The van der Waals surface area contributed by atoms with Gasteiger partial charge in [0, 0.05) is 6.07 Å². The van der Waals surface area contributed by atoms with E-state index in [4.69, 9.17) is 4.74 Å². The van der Waals surface area contributed by atoms with Crippen molar-refractivity contribution in [2.45, 2.75) is 13.3 Å². The number of benzene rings is 1. The first kappa shape index (κ1) is 9.89. The summed E-state index contributed by atoms with van der Waals surface area (Å²) in [4.78, 5) is 0. The lowest BCUT2D eigenvalue weighted by atomic mass is 10.2. The molecule has 4 heteroatoms. The second kappa shape index (κ2) is 4.16. The van der Waals surface area contributed by atoms with Crippen molar-refractivity contribution in [2.24, 2.45) is 0 Å². The van der Waals surface area contributed by atoms with Crippen LogP contribution in [0, 0.1) is 5.82 Å². The molecule has 1 nitrogen and oxygen atoms in total. The highest BCUT2D eigenvalue weighted by Gasteiger charge is 2.14. The molecule has 72 valence electrons. The van der Waals surface area contributed by atoms with Crippen LogP contribution in [0.5, 0.6) is 5.75 Å². The Kier molecular flexibility index (Phi) is 3.17. The van der Waals surface area contributed by atoms with E-state index in [-0.39, 0.29) is 17.9 Å². The third kappa shape index (κ3) is 2.37. The average Bonchev–Trinajstić information content (AvgIpc) is 2.04. The predicted molar refractivity (Wildman–Crippen MR) is 42.5 cm³/mol. The van der Waals surface area contributed by atoms with Gasteiger partial charge in [-0.05, 0) is 19.1 Å². The Morgan fingerprint density at radius 1 is 1.38 bits per heavy atom. The van der Waals surface area contributed by atoms with Crippen LogP contribution in [-0.2, 0) is 0 Å². The van der Waals surface area contributed by atoms with Crippen LogP contribution < -0.4 is 4.74 Å². The van der Waals surface area contributed by atoms with Gasteiger partial charge in [0.15, 0.2) is 0 Å². The van der Waals surface area contributed by atoms with Crippen LogP contribution in [0.1, 0.15) is 18.9 Å². The minimum atomic E-state index is -2.64. The summed E-state index contributed by atoms with van der Waals surface area (Å²) < 4.78 is 42.0. The first-order valence-corrected chi connectivity index (χ1v) is 3.85. The quantitative estimate of drug-likeness (QED) is 0.711. The van der Waals surface area contributed by atoms with Crippen LogP contribution in [0.3, 0.4) is 0 Å². The fourth-order valence-corrected chi connectivity index (χ4v) is 0.969. The van der Waals surface area contributed by atoms with Crippen molar-refractivity contribution in [1.82, 2.24) is 0 Å². The van der Waals surface area contributed by atoms with Gasteiger partial charge in [-0.2, -0.15) is 0 Å². The lowest BCUT2D eigenvalue weighted by Crippen LogP contribution is -1.97. The number of hydrogen-bond donors (Lipinski definition) is 0. The Bertz CT molecular complexity index is 286. The van der Waals surface area contributed by atoms with Crippen molar-refractivity contribution < 1.29 is 17.9 Å². The summed E-state index contributed by atoms with van der Waals surface area (Å²) in [7, 11) is 0. The molecule has 0 fully saturated rings. The van der Waals surface area contributed by atoms with Crippen LogP contribution >= 0.6 is 0 Å². The van der Waals surface area contributed by atoms with Crippen molar-refractivity contribution in [3.05, 3.63) is 29.6 Å². The standard InChI is InChI=1S/C9H9F3O/c1-2-13-8-5-6(10)3-4-7(8)9(11)12/h3-5,9H,2H2,1H3. The van der Waals surface area contributed by atoms with Crippen molar-refractivity contribution in [3.63, 3.8) is 0 Å². The van der Waals surface area contributed by atoms with E-state index in [1.165, 1.54) is 0 Å². The second-order valence-corrected chi connectivity index (χ2v) is 2.42. The third-order valence-electron chi connectivity index (χ3n) is 1.51. The first-order valence-electron chi connectivity index (χ1n) is 3.85. The van der Waals surface area contributed by atoms with Gasteiger partial charge >= 0.3 is 0 Å². The van der Waals surface area contributed by atoms with Gasteiger partial charge in [0.05, 0.1) is 12.2 Å². The van der Waals surface area contributed by atoms with Crippen LogP contribution in [0.4, 0.5) is 13.2 Å². The zero-order chi connectivity index (χ0) is 9.84. The Morgan fingerprint density at radius 2 is 2.08 bits per heavy atom. The van der Waals surface area contributed by atoms with E-state index in [9.17, 15) is 13.2 Å². The monoisotopic (exact) mass is 190 g/mol. The molecule has 0 aromatic heterocycles. The lowest BCUT2D eigenvalue weighted by molar-refractivity contribution is 0.145. The molecule has 1 aromatic carbocycles. The molecule has 0 aliphatic carbocycles. The smallest absolute Gasteiger partial charge is 0.267 e. The largest absolute Gasteiger partial charge is 0.493 e. The van der Waals surface area contributed by atoms with Crippen LogP contribution in [0.2, 0.25) is 0 Å². The zero-order valence-corrected chi connectivity index (χ0v) is 7.06. The fourth-order valence-electron chi connectivity index (χ4n) is 0.969. The highest BCUT2D eigenvalue weighted by atomic mass is 19.3. The van der Waals surface area contributed by atoms with Gasteiger partial charge < -0.3 is 4.74 Å². The molecule has 0 N–H and O–H groups in total. The third-order valence-corrected chi connectivity index (χ3v) is 1.51. The highest BCUT2D eigenvalue weighted by Crippen LogP contribution is 2.29. The number of alkyl halides is 2. The molecule has 0 aliphatic rings. The predicted octanol–water partition coefficient (Wildman–Crippen LogP) is 3.16. The molecule has 0 saturated heterocycles. The first-order chi connectivity index (χ1) is 6.15. The van der Waals surface area contributed by atoms with Gasteiger partial charge in [-0.25, -0.2) is 13.2 Å². The zero-order valence-electron chi connectivity index (χ0n) is 7.06. The maximum absolute atomic E-state index is 12.6. The Balaban J connectivity index is 3.03. The van der Waals surface area contributed by atoms with Gasteiger partial charge in [0.2, 0.25) is 0 Å². The van der Waals surface area contributed by atoms with E-state index in [2.05, 4.69) is 0 Å². The van der Waals surface area contributed by atoms with Gasteiger partial charge in [0.1, 0.15) is 11.6 Å². The molecule has 0 bridgehead atoms. The molecule has 0 amide bonds. The van der Waals surface area contributed by atoms with E-state index in [0.29, 0.717) is 0 Å². The highest BCUT2D eigenvalue weighted by molar-refractivity contribution is 5.34. The number of halogens is 3. The van der Waals surface area contributed by atoms with E-state index in [0.717, 1.165) is 18.2 Å². The number of ether oxygens (including phenoxy) is 1. The maximum atomic E-state index is 12.6. The molecule has 1 aromatic rings. The molecule has 1 rings (SSSR count). The van der Waals surface area contributed by atoms with Crippen LogP contribution in [0.15, 0.2) is 18.2 Å². The average molecular weight is 190 g/mol. The molecule has 0 unspecified atom stereocenters. The molecular weight excluding hydrogens is 181 g/mol. The maximum Gasteiger partial charge on any atom is 0.267 e. The van der Waals surface area contributed by atoms with E-state index in [1.807, 2.05) is 0 Å². The number of hydrogen-bond acceptors (Lipinski definition) is 1. The van der Waals surface area contributed by atoms with Crippen LogP contribution in [0.25, 0.3) is 0 Å². The molecule has 13 heavy (non-hydrogen) atoms.